The summed E-state index contributed by atoms with van der Waals surface area (Å²) in [5.74, 6) is -0.224. The van der Waals surface area contributed by atoms with Crippen LogP contribution in [-0.4, -0.2) is 45.6 Å². The number of hydrogen-bond acceptors (Lipinski definition) is 3. The van der Waals surface area contributed by atoms with E-state index in [9.17, 15) is 9.59 Å². The van der Waals surface area contributed by atoms with Crippen molar-refractivity contribution in [3.05, 3.63) is 28.8 Å². The number of amides is 2. The molecule has 0 aliphatic carbocycles. The van der Waals surface area contributed by atoms with Gasteiger partial charge < -0.3 is 15.3 Å². The van der Waals surface area contributed by atoms with Gasteiger partial charge in [0, 0.05) is 28.6 Å². The highest BCUT2D eigenvalue weighted by molar-refractivity contribution is 8.00. The number of urea groups is 1. The molecular weight excluding hydrogens is 312 g/mol. The fourth-order valence-corrected chi connectivity index (χ4v) is 3.48. The summed E-state index contributed by atoms with van der Waals surface area (Å²) in [4.78, 5) is 25.3. The molecule has 5 nitrogen and oxygen atoms in total. The standard InChI is InChI=1S/C14H17ClN2O3S/c1-8-9(2)21-6-5-17(8)14(20)16-12-7-10(15)3-4-11(12)13(18)19/h3-4,7-9H,5-6H2,1-2H3,(H,16,20)(H,18,19). The lowest BCUT2D eigenvalue weighted by atomic mass is 10.1. The van der Waals surface area contributed by atoms with Gasteiger partial charge in [0.05, 0.1) is 11.3 Å². The molecule has 114 valence electrons. The number of nitrogens with one attached hydrogen (secondary N) is 1. The SMILES string of the molecule is CC1SCCN(C(=O)Nc2cc(Cl)ccc2C(=O)O)C1C. The molecule has 1 fully saturated rings. The van der Waals surface area contributed by atoms with Crippen molar-refractivity contribution >= 4 is 41.1 Å². The van der Waals surface area contributed by atoms with Crippen LogP contribution in [0.25, 0.3) is 0 Å². The molecule has 7 heteroatoms. The van der Waals surface area contributed by atoms with Crippen molar-refractivity contribution in [2.24, 2.45) is 0 Å². The van der Waals surface area contributed by atoms with E-state index in [-0.39, 0.29) is 23.3 Å². The van der Waals surface area contributed by atoms with Crippen LogP contribution in [0.4, 0.5) is 10.5 Å². The molecule has 21 heavy (non-hydrogen) atoms. The predicted octanol–water partition coefficient (Wildman–Crippen LogP) is 3.40. The summed E-state index contributed by atoms with van der Waals surface area (Å²) in [5, 5.41) is 12.6. The topological polar surface area (TPSA) is 69.6 Å². The molecule has 0 bridgehead atoms. The minimum Gasteiger partial charge on any atom is -0.478 e. The zero-order chi connectivity index (χ0) is 15.6. The fourth-order valence-electron chi connectivity index (χ4n) is 2.21. The maximum Gasteiger partial charge on any atom is 0.337 e. The van der Waals surface area contributed by atoms with Gasteiger partial charge in [-0.25, -0.2) is 9.59 Å². The van der Waals surface area contributed by atoms with Crippen LogP contribution in [0.3, 0.4) is 0 Å². The molecule has 1 aromatic carbocycles. The number of hydrogen-bond donors (Lipinski definition) is 2. The lowest BCUT2D eigenvalue weighted by Crippen LogP contribution is -2.49. The van der Waals surface area contributed by atoms with Gasteiger partial charge in [-0.3, -0.25) is 0 Å². The second-order valence-corrected chi connectivity index (χ2v) is 6.86. The summed E-state index contributed by atoms with van der Waals surface area (Å²) in [7, 11) is 0. The van der Waals surface area contributed by atoms with Crippen LogP contribution in [0.15, 0.2) is 18.2 Å². The summed E-state index contributed by atoms with van der Waals surface area (Å²) in [6.07, 6.45) is 0. The quantitative estimate of drug-likeness (QED) is 0.873. The van der Waals surface area contributed by atoms with Crippen molar-refractivity contribution in [2.45, 2.75) is 25.1 Å². The van der Waals surface area contributed by atoms with Gasteiger partial charge >= 0.3 is 12.0 Å². The average Bonchev–Trinajstić information content (AvgIpc) is 2.41. The van der Waals surface area contributed by atoms with Crippen LogP contribution in [0.1, 0.15) is 24.2 Å². The second-order valence-electron chi connectivity index (χ2n) is 4.94. The van der Waals surface area contributed by atoms with E-state index >= 15 is 0 Å². The van der Waals surface area contributed by atoms with Crippen molar-refractivity contribution in [2.75, 3.05) is 17.6 Å². The molecule has 0 aromatic heterocycles. The first-order valence-electron chi connectivity index (χ1n) is 6.62. The van der Waals surface area contributed by atoms with Crippen LogP contribution >= 0.6 is 23.4 Å². The summed E-state index contributed by atoms with van der Waals surface area (Å²) in [6.45, 7) is 4.72. The number of carboxylic acid groups (broad SMARTS) is 1. The zero-order valence-corrected chi connectivity index (χ0v) is 13.4. The minimum atomic E-state index is -1.10. The molecule has 0 radical (unpaired) electrons. The van der Waals surface area contributed by atoms with Gasteiger partial charge in [0.2, 0.25) is 0 Å². The maximum atomic E-state index is 12.4. The Kier molecular flexibility index (Phi) is 5.00. The Labute approximate surface area is 132 Å². The number of nitrogens with zero attached hydrogens (tertiary/aromatic N) is 1. The molecule has 1 saturated heterocycles. The van der Waals surface area contributed by atoms with Gasteiger partial charge in [-0.2, -0.15) is 11.8 Å². The van der Waals surface area contributed by atoms with Crippen molar-refractivity contribution in [1.82, 2.24) is 4.90 Å². The third-order valence-corrected chi connectivity index (χ3v) is 5.17. The number of benzene rings is 1. The molecule has 2 atom stereocenters. The van der Waals surface area contributed by atoms with Crippen LogP contribution in [0.5, 0.6) is 0 Å². The lowest BCUT2D eigenvalue weighted by molar-refractivity contribution is 0.0698. The Bertz CT molecular complexity index is 567. The molecule has 1 aromatic rings. The second kappa shape index (κ2) is 6.58. The highest BCUT2D eigenvalue weighted by atomic mass is 35.5. The molecule has 1 aliphatic rings. The number of carboxylic acids is 1. The first-order valence-corrected chi connectivity index (χ1v) is 8.05. The van der Waals surface area contributed by atoms with Crippen LogP contribution in [-0.2, 0) is 0 Å². The Balaban J connectivity index is 2.19. The number of anilines is 1. The first kappa shape index (κ1) is 16.0. The third kappa shape index (κ3) is 3.63. The zero-order valence-electron chi connectivity index (χ0n) is 11.8. The number of thioether (sulfide) groups is 1. The minimum absolute atomic E-state index is 0.0276. The number of carbonyl (C=O) groups excluding carboxylic acids is 1. The molecule has 2 unspecified atom stereocenters. The Hall–Kier alpha value is -1.40. The normalized spacial score (nSPS) is 22.0. The molecule has 0 saturated carbocycles. The van der Waals surface area contributed by atoms with E-state index in [1.54, 1.807) is 4.90 Å². The predicted molar refractivity (Wildman–Crippen MR) is 85.5 cm³/mol. The van der Waals surface area contributed by atoms with E-state index in [2.05, 4.69) is 12.2 Å². The monoisotopic (exact) mass is 328 g/mol. The fraction of sp³-hybridized carbons (Fsp3) is 0.429. The van der Waals surface area contributed by atoms with E-state index in [1.165, 1.54) is 18.2 Å². The summed E-state index contributed by atoms with van der Waals surface area (Å²) >= 11 is 7.71. The molecule has 2 rings (SSSR count). The smallest absolute Gasteiger partial charge is 0.337 e. The summed E-state index contributed by atoms with van der Waals surface area (Å²) in [5.41, 5.74) is 0.248. The van der Waals surface area contributed by atoms with E-state index in [0.29, 0.717) is 16.8 Å². The maximum absolute atomic E-state index is 12.4. The van der Waals surface area contributed by atoms with Gasteiger partial charge in [0.15, 0.2) is 0 Å². The average molecular weight is 329 g/mol. The number of rotatable bonds is 2. The van der Waals surface area contributed by atoms with Gasteiger partial charge in [0.1, 0.15) is 0 Å². The van der Waals surface area contributed by atoms with Gasteiger partial charge in [0.25, 0.3) is 0 Å². The van der Waals surface area contributed by atoms with Gasteiger partial charge in [-0.1, -0.05) is 18.5 Å². The van der Waals surface area contributed by atoms with E-state index in [1.807, 2.05) is 18.7 Å². The Morgan fingerprint density at radius 3 is 2.81 bits per heavy atom. The molecule has 2 N–H and O–H groups in total. The molecular formula is C14H17ClN2O3S. The van der Waals surface area contributed by atoms with E-state index < -0.39 is 5.97 Å². The highest BCUT2D eigenvalue weighted by Crippen LogP contribution is 2.26. The number of carbonyl (C=O) groups is 2. The van der Waals surface area contributed by atoms with Crippen LogP contribution in [0.2, 0.25) is 5.02 Å². The van der Waals surface area contributed by atoms with Crippen molar-refractivity contribution in [3.63, 3.8) is 0 Å². The van der Waals surface area contributed by atoms with E-state index in [4.69, 9.17) is 16.7 Å². The number of aromatic carboxylic acids is 1. The largest absolute Gasteiger partial charge is 0.478 e. The van der Waals surface area contributed by atoms with Crippen molar-refractivity contribution in [3.8, 4) is 0 Å². The summed E-state index contributed by atoms with van der Waals surface area (Å²) in [6, 6.07) is 4.13. The number of halogens is 1. The molecule has 1 aliphatic heterocycles. The first-order chi connectivity index (χ1) is 9.90. The Morgan fingerprint density at radius 1 is 1.43 bits per heavy atom. The molecule has 0 spiro atoms. The Morgan fingerprint density at radius 2 is 2.14 bits per heavy atom. The molecule has 1 heterocycles. The van der Waals surface area contributed by atoms with Crippen LogP contribution < -0.4 is 5.32 Å². The van der Waals surface area contributed by atoms with Gasteiger partial charge in [-0.15, -0.1) is 0 Å². The third-order valence-electron chi connectivity index (χ3n) is 3.60. The van der Waals surface area contributed by atoms with Crippen LogP contribution in [0, 0.1) is 0 Å². The molecule has 2 amide bonds. The summed E-state index contributed by atoms with van der Waals surface area (Å²) < 4.78 is 0. The highest BCUT2D eigenvalue weighted by Gasteiger charge is 2.29. The van der Waals surface area contributed by atoms with Crippen molar-refractivity contribution < 1.29 is 14.7 Å². The lowest BCUT2D eigenvalue weighted by Gasteiger charge is -2.37. The van der Waals surface area contributed by atoms with Gasteiger partial charge in [-0.05, 0) is 25.1 Å². The van der Waals surface area contributed by atoms with Crippen molar-refractivity contribution in [1.29, 1.82) is 0 Å². The van der Waals surface area contributed by atoms with E-state index in [0.717, 1.165) is 5.75 Å².